The van der Waals surface area contributed by atoms with Gasteiger partial charge in [0.05, 0.1) is 24.2 Å². The van der Waals surface area contributed by atoms with Crippen molar-refractivity contribution in [2.45, 2.75) is 12.6 Å². The third kappa shape index (κ3) is 4.65. The highest BCUT2D eigenvalue weighted by molar-refractivity contribution is 5.92. The molecule has 1 aromatic heterocycles. The first-order valence-electron chi connectivity index (χ1n) is 8.11. The third-order valence-electron chi connectivity index (χ3n) is 3.80. The molecule has 2 aromatic carbocycles. The maximum atomic E-state index is 12.4. The Morgan fingerprint density at radius 3 is 2.81 bits per heavy atom. The van der Waals surface area contributed by atoms with Crippen molar-refractivity contribution in [3.63, 3.8) is 0 Å². The smallest absolute Gasteiger partial charge is 0.244 e. The lowest BCUT2D eigenvalue weighted by atomic mass is 10.1. The van der Waals surface area contributed by atoms with E-state index in [1.54, 1.807) is 35.3 Å². The van der Waals surface area contributed by atoms with Crippen molar-refractivity contribution in [3.05, 3.63) is 90.0 Å². The highest BCUT2D eigenvalue weighted by Gasteiger charge is 2.14. The van der Waals surface area contributed by atoms with Gasteiger partial charge in [-0.3, -0.25) is 9.48 Å². The van der Waals surface area contributed by atoms with Crippen molar-refractivity contribution >= 4 is 12.0 Å². The van der Waals surface area contributed by atoms with Crippen molar-refractivity contribution in [1.29, 1.82) is 5.26 Å². The third-order valence-corrected chi connectivity index (χ3v) is 3.80. The van der Waals surface area contributed by atoms with E-state index in [0.29, 0.717) is 12.1 Å². The lowest BCUT2D eigenvalue weighted by Gasteiger charge is -2.18. The molecule has 3 rings (SSSR count). The van der Waals surface area contributed by atoms with Gasteiger partial charge in [-0.25, -0.2) is 4.98 Å². The van der Waals surface area contributed by atoms with Crippen LogP contribution < -0.4 is 5.32 Å². The average molecular weight is 343 g/mol. The standard InChI is InChI=1S/C20H17N5O/c21-12-17-6-4-5-16(11-17)9-10-20(26)24-19(13-25-15-22-14-23-25)18-7-2-1-3-8-18/h1-11,14-15,19H,13H2,(H,24,26)/b10-9-/t19-/m1/s1. The number of nitrogens with one attached hydrogen (secondary N) is 1. The zero-order valence-electron chi connectivity index (χ0n) is 14.0. The number of hydrogen-bond donors (Lipinski definition) is 1. The van der Waals surface area contributed by atoms with Crippen LogP contribution in [0.4, 0.5) is 0 Å². The van der Waals surface area contributed by atoms with Crippen LogP contribution in [0.5, 0.6) is 0 Å². The summed E-state index contributed by atoms with van der Waals surface area (Å²) >= 11 is 0. The number of carbonyl (C=O) groups is 1. The highest BCUT2D eigenvalue weighted by Crippen LogP contribution is 2.15. The molecular weight excluding hydrogens is 326 g/mol. The Morgan fingerprint density at radius 2 is 2.08 bits per heavy atom. The largest absolute Gasteiger partial charge is 0.344 e. The summed E-state index contributed by atoms with van der Waals surface area (Å²) in [4.78, 5) is 16.3. The first kappa shape index (κ1) is 17.1. The highest BCUT2D eigenvalue weighted by atomic mass is 16.1. The van der Waals surface area contributed by atoms with E-state index < -0.39 is 0 Å². The Bertz CT molecular complexity index is 926. The molecule has 0 unspecified atom stereocenters. The van der Waals surface area contributed by atoms with E-state index in [4.69, 9.17) is 5.26 Å². The fraction of sp³-hybridized carbons (Fsp3) is 0.100. The van der Waals surface area contributed by atoms with Crippen molar-refractivity contribution in [2.24, 2.45) is 0 Å². The molecule has 0 bridgehead atoms. The number of carbonyl (C=O) groups excluding carboxylic acids is 1. The molecule has 0 aliphatic rings. The molecule has 128 valence electrons. The second kappa shape index (κ2) is 8.40. The Morgan fingerprint density at radius 1 is 1.23 bits per heavy atom. The summed E-state index contributed by atoms with van der Waals surface area (Å²) < 4.78 is 1.68. The van der Waals surface area contributed by atoms with E-state index in [0.717, 1.165) is 11.1 Å². The van der Waals surface area contributed by atoms with Crippen LogP contribution in [0.15, 0.2) is 73.3 Å². The molecule has 6 heteroatoms. The summed E-state index contributed by atoms with van der Waals surface area (Å²) in [6.45, 7) is 0.480. The monoisotopic (exact) mass is 343 g/mol. The average Bonchev–Trinajstić information content (AvgIpc) is 3.20. The van der Waals surface area contributed by atoms with E-state index in [1.807, 2.05) is 36.4 Å². The van der Waals surface area contributed by atoms with E-state index >= 15 is 0 Å². The van der Waals surface area contributed by atoms with Gasteiger partial charge in [0.25, 0.3) is 0 Å². The van der Waals surface area contributed by atoms with Crippen LogP contribution in [0.1, 0.15) is 22.7 Å². The van der Waals surface area contributed by atoms with Gasteiger partial charge in [-0.05, 0) is 29.3 Å². The fourth-order valence-electron chi connectivity index (χ4n) is 2.54. The zero-order chi connectivity index (χ0) is 18.2. The fourth-order valence-corrected chi connectivity index (χ4v) is 2.54. The lowest BCUT2D eigenvalue weighted by Crippen LogP contribution is -2.30. The molecule has 1 N–H and O–H groups in total. The molecule has 0 aliphatic heterocycles. The van der Waals surface area contributed by atoms with Crippen molar-refractivity contribution < 1.29 is 4.79 Å². The SMILES string of the molecule is N#Cc1cccc(/C=C\C(=O)N[C@H](Cn2cncn2)c2ccccc2)c1. The summed E-state index contributed by atoms with van der Waals surface area (Å²) in [5.41, 5.74) is 2.34. The quantitative estimate of drug-likeness (QED) is 0.698. The number of amides is 1. The molecule has 0 saturated carbocycles. The van der Waals surface area contributed by atoms with Gasteiger partial charge in [0.15, 0.2) is 0 Å². The summed E-state index contributed by atoms with van der Waals surface area (Å²) in [6.07, 6.45) is 6.23. The van der Waals surface area contributed by atoms with E-state index in [1.165, 1.54) is 12.4 Å². The van der Waals surface area contributed by atoms with Gasteiger partial charge >= 0.3 is 0 Å². The number of nitriles is 1. The first-order chi connectivity index (χ1) is 12.7. The molecule has 1 heterocycles. The summed E-state index contributed by atoms with van der Waals surface area (Å²) in [5, 5.41) is 16.0. The summed E-state index contributed by atoms with van der Waals surface area (Å²) in [6, 6.07) is 18.6. The van der Waals surface area contributed by atoms with Gasteiger partial charge in [0.2, 0.25) is 5.91 Å². The predicted octanol–water partition coefficient (Wildman–Crippen LogP) is 2.72. The van der Waals surface area contributed by atoms with Crippen molar-refractivity contribution in [3.8, 4) is 6.07 Å². The number of rotatable bonds is 6. The lowest BCUT2D eigenvalue weighted by molar-refractivity contribution is -0.117. The van der Waals surface area contributed by atoms with E-state index in [9.17, 15) is 4.79 Å². The van der Waals surface area contributed by atoms with E-state index in [2.05, 4.69) is 21.5 Å². The van der Waals surface area contributed by atoms with Crippen LogP contribution >= 0.6 is 0 Å². The number of aromatic nitrogens is 3. The molecule has 0 spiro atoms. The first-order valence-corrected chi connectivity index (χ1v) is 8.11. The normalized spacial score (nSPS) is 11.8. The maximum absolute atomic E-state index is 12.4. The van der Waals surface area contributed by atoms with Gasteiger partial charge in [-0.1, -0.05) is 42.5 Å². The zero-order valence-corrected chi connectivity index (χ0v) is 14.0. The molecule has 0 radical (unpaired) electrons. The Hall–Kier alpha value is -3.72. The number of hydrogen-bond acceptors (Lipinski definition) is 4. The minimum Gasteiger partial charge on any atom is -0.344 e. The molecule has 1 amide bonds. The minimum absolute atomic E-state index is 0.221. The maximum Gasteiger partial charge on any atom is 0.244 e. The topological polar surface area (TPSA) is 83.6 Å². The van der Waals surface area contributed by atoms with Crippen LogP contribution in [0.3, 0.4) is 0 Å². The second-order valence-electron chi connectivity index (χ2n) is 5.66. The van der Waals surface area contributed by atoms with Gasteiger partial charge in [0, 0.05) is 6.08 Å². The molecule has 6 nitrogen and oxygen atoms in total. The van der Waals surface area contributed by atoms with Crippen molar-refractivity contribution in [2.75, 3.05) is 0 Å². The van der Waals surface area contributed by atoms with Gasteiger partial charge in [-0.15, -0.1) is 0 Å². The van der Waals surface area contributed by atoms with Gasteiger partial charge in [0.1, 0.15) is 12.7 Å². The molecule has 0 saturated heterocycles. The molecule has 26 heavy (non-hydrogen) atoms. The molecule has 1 atom stereocenters. The molecule has 0 fully saturated rings. The van der Waals surface area contributed by atoms with Gasteiger partial charge in [-0.2, -0.15) is 10.4 Å². The second-order valence-corrected chi connectivity index (χ2v) is 5.66. The van der Waals surface area contributed by atoms with Gasteiger partial charge < -0.3 is 5.32 Å². The molecular formula is C20H17N5O. The summed E-state index contributed by atoms with van der Waals surface area (Å²) in [5.74, 6) is -0.221. The Labute approximate surface area is 151 Å². The van der Waals surface area contributed by atoms with Crippen LogP contribution in [0.25, 0.3) is 6.08 Å². The van der Waals surface area contributed by atoms with Crippen LogP contribution in [0, 0.1) is 11.3 Å². The Kier molecular flexibility index (Phi) is 5.53. The Balaban J connectivity index is 1.72. The van der Waals surface area contributed by atoms with Crippen LogP contribution in [-0.4, -0.2) is 20.7 Å². The van der Waals surface area contributed by atoms with E-state index in [-0.39, 0.29) is 11.9 Å². The minimum atomic E-state index is -0.236. The molecule has 3 aromatic rings. The van der Waals surface area contributed by atoms with Crippen LogP contribution in [-0.2, 0) is 11.3 Å². The molecule has 0 aliphatic carbocycles. The predicted molar refractivity (Wildman–Crippen MR) is 97.5 cm³/mol. The number of benzene rings is 2. The summed E-state index contributed by atoms with van der Waals surface area (Å²) in [7, 11) is 0. The number of nitrogens with zero attached hydrogens (tertiary/aromatic N) is 4. The van der Waals surface area contributed by atoms with Crippen LogP contribution in [0.2, 0.25) is 0 Å². The van der Waals surface area contributed by atoms with Crippen molar-refractivity contribution in [1.82, 2.24) is 20.1 Å².